The van der Waals surface area contributed by atoms with E-state index in [1.807, 2.05) is 11.5 Å². The van der Waals surface area contributed by atoms with Gasteiger partial charge >= 0.3 is 6.18 Å². The summed E-state index contributed by atoms with van der Waals surface area (Å²) in [5.74, 6) is 0. The lowest BCUT2D eigenvalue weighted by molar-refractivity contribution is -0.137. The van der Waals surface area contributed by atoms with Crippen LogP contribution in [0.4, 0.5) is 13.2 Å². The van der Waals surface area contributed by atoms with Crippen LogP contribution in [0, 0.1) is 0 Å². The monoisotopic (exact) mass is 331 g/mol. The summed E-state index contributed by atoms with van der Waals surface area (Å²) in [4.78, 5) is 0. The fourth-order valence-corrected chi connectivity index (χ4v) is 2.83. The molecule has 1 aromatic heterocycles. The highest BCUT2D eigenvalue weighted by molar-refractivity contribution is 7.99. The van der Waals surface area contributed by atoms with Crippen LogP contribution in [0.25, 0.3) is 0 Å². The number of alkyl halides is 3. The first-order valence-electron chi connectivity index (χ1n) is 6.62. The molecule has 1 aromatic carbocycles. The van der Waals surface area contributed by atoms with Crippen molar-refractivity contribution in [2.45, 2.75) is 30.1 Å². The van der Waals surface area contributed by atoms with E-state index in [2.05, 4.69) is 10.2 Å². The van der Waals surface area contributed by atoms with Gasteiger partial charge in [0.15, 0.2) is 5.16 Å². The van der Waals surface area contributed by atoms with E-state index in [1.165, 1.54) is 23.9 Å². The zero-order valence-electron chi connectivity index (χ0n) is 12.2. The molecule has 1 atom stereocenters. The summed E-state index contributed by atoms with van der Waals surface area (Å²) in [6.07, 6.45) is -2.70. The minimum absolute atomic E-state index is 0.0345. The van der Waals surface area contributed by atoms with E-state index >= 15 is 0 Å². The number of ether oxygens (including phenoxy) is 1. The van der Waals surface area contributed by atoms with E-state index in [9.17, 15) is 13.2 Å². The van der Waals surface area contributed by atoms with E-state index in [1.54, 1.807) is 13.4 Å². The summed E-state index contributed by atoms with van der Waals surface area (Å²) in [7, 11) is 1.61. The molecule has 0 bridgehead atoms. The van der Waals surface area contributed by atoms with Gasteiger partial charge in [-0.05, 0) is 24.6 Å². The van der Waals surface area contributed by atoms with Crippen molar-refractivity contribution in [3.8, 4) is 0 Å². The predicted octanol–water partition coefficient (Wildman–Crippen LogP) is 3.80. The Morgan fingerprint density at radius 2 is 1.95 bits per heavy atom. The Morgan fingerprint density at radius 3 is 2.55 bits per heavy atom. The molecular weight excluding hydrogens is 315 g/mol. The Kier molecular flexibility index (Phi) is 5.47. The van der Waals surface area contributed by atoms with Crippen molar-refractivity contribution in [2.24, 2.45) is 0 Å². The second-order valence-electron chi connectivity index (χ2n) is 4.68. The van der Waals surface area contributed by atoms with Gasteiger partial charge in [-0.15, -0.1) is 10.2 Å². The molecule has 0 radical (unpaired) electrons. The van der Waals surface area contributed by atoms with Gasteiger partial charge in [-0.3, -0.25) is 0 Å². The van der Waals surface area contributed by atoms with Crippen LogP contribution in [-0.2, 0) is 17.5 Å². The Hall–Kier alpha value is -1.54. The van der Waals surface area contributed by atoms with Gasteiger partial charge in [-0.25, -0.2) is 0 Å². The van der Waals surface area contributed by atoms with Crippen molar-refractivity contribution in [3.05, 3.63) is 41.7 Å². The number of rotatable bonds is 6. The van der Waals surface area contributed by atoms with Gasteiger partial charge in [-0.2, -0.15) is 13.2 Å². The summed E-state index contributed by atoms with van der Waals surface area (Å²) >= 11 is 1.45. The Morgan fingerprint density at radius 1 is 1.27 bits per heavy atom. The number of hydrogen-bond acceptors (Lipinski definition) is 4. The predicted molar refractivity (Wildman–Crippen MR) is 77.6 cm³/mol. The molecule has 2 aromatic rings. The normalized spacial score (nSPS) is 13.3. The van der Waals surface area contributed by atoms with Gasteiger partial charge in [0, 0.05) is 18.9 Å². The zero-order chi connectivity index (χ0) is 16.2. The fourth-order valence-electron chi connectivity index (χ4n) is 1.85. The van der Waals surface area contributed by atoms with Crippen molar-refractivity contribution in [3.63, 3.8) is 0 Å². The number of thioether (sulfide) groups is 1. The first-order valence-corrected chi connectivity index (χ1v) is 7.50. The third kappa shape index (κ3) is 4.23. The second-order valence-corrected chi connectivity index (χ2v) is 5.99. The number of methoxy groups -OCH3 is 1. The lowest BCUT2D eigenvalue weighted by Gasteiger charge is -2.13. The number of halogens is 3. The highest BCUT2D eigenvalue weighted by Gasteiger charge is 2.30. The molecule has 0 fully saturated rings. The van der Waals surface area contributed by atoms with Crippen molar-refractivity contribution in [1.82, 2.24) is 14.8 Å². The topological polar surface area (TPSA) is 39.9 Å². The van der Waals surface area contributed by atoms with Crippen LogP contribution < -0.4 is 0 Å². The maximum Gasteiger partial charge on any atom is 0.416 e. The van der Waals surface area contributed by atoms with Crippen LogP contribution in [0.1, 0.15) is 23.3 Å². The van der Waals surface area contributed by atoms with E-state index < -0.39 is 11.7 Å². The molecule has 0 aliphatic heterocycles. The van der Waals surface area contributed by atoms with Crippen LogP contribution in [0.3, 0.4) is 0 Å². The van der Waals surface area contributed by atoms with Gasteiger partial charge < -0.3 is 9.30 Å². The third-order valence-electron chi connectivity index (χ3n) is 3.11. The van der Waals surface area contributed by atoms with Crippen LogP contribution >= 0.6 is 11.8 Å². The maximum absolute atomic E-state index is 12.6. The first kappa shape index (κ1) is 16.8. The molecule has 120 valence electrons. The molecule has 2 rings (SSSR count). The summed E-state index contributed by atoms with van der Waals surface area (Å²) in [6.45, 7) is 3.09. The minimum Gasteiger partial charge on any atom is -0.383 e. The number of benzene rings is 1. The standard InChI is InChI=1S/C14H16F3N3OS/c1-10(11-3-5-12(6-4-11)14(15,16)17)22-13-19-18-9-20(13)7-8-21-2/h3-6,9-10H,7-8H2,1-2H3/t10-/m0/s1. The molecule has 0 aliphatic carbocycles. The lowest BCUT2D eigenvalue weighted by atomic mass is 10.1. The van der Waals surface area contributed by atoms with Gasteiger partial charge in [-0.1, -0.05) is 23.9 Å². The number of nitrogens with zero attached hydrogens (tertiary/aromatic N) is 3. The molecule has 0 unspecified atom stereocenters. The summed E-state index contributed by atoms with van der Waals surface area (Å²) < 4.78 is 44.5. The summed E-state index contributed by atoms with van der Waals surface area (Å²) in [5.41, 5.74) is 0.163. The van der Waals surface area contributed by atoms with Crippen molar-refractivity contribution in [1.29, 1.82) is 0 Å². The van der Waals surface area contributed by atoms with Gasteiger partial charge in [0.1, 0.15) is 6.33 Å². The number of aromatic nitrogens is 3. The van der Waals surface area contributed by atoms with Gasteiger partial charge in [0.25, 0.3) is 0 Å². The number of hydrogen-bond donors (Lipinski definition) is 0. The molecule has 22 heavy (non-hydrogen) atoms. The molecular formula is C14H16F3N3OS. The molecule has 1 heterocycles. The van der Waals surface area contributed by atoms with E-state index in [0.29, 0.717) is 18.3 Å². The van der Waals surface area contributed by atoms with Crippen LogP contribution in [-0.4, -0.2) is 28.5 Å². The first-order chi connectivity index (χ1) is 10.4. The molecule has 0 amide bonds. The minimum atomic E-state index is -4.31. The average molecular weight is 331 g/mol. The highest BCUT2D eigenvalue weighted by atomic mass is 32.2. The molecule has 4 nitrogen and oxygen atoms in total. The maximum atomic E-state index is 12.6. The highest BCUT2D eigenvalue weighted by Crippen LogP contribution is 2.35. The zero-order valence-corrected chi connectivity index (χ0v) is 13.0. The van der Waals surface area contributed by atoms with Gasteiger partial charge in [0.05, 0.1) is 12.2 Å². The quantitative estimate of drug-likeness (QED) is 0.755. The van der Waals surface area contributed by atoms with Crippen LogP contribution in [0.15, 0.2) is 35.7 Å². The van der Waals surface area contributed by atoms with Crippen LogP contribution in [0.5, 0.6) is 0 Å². The average Bonchev–Trinajstić information content (AvgIpc) is 2.91. The molecule has 0 saturated heterocycles. The summed E-state index contributed by atoms with van der Waals surface area (Å²) in [5, 5.41) is 8.57. The van der Waals surface area contributed by atoms with Crippen LogP contribution in [0.2, 0.25) is 0 Å². The summed E-state index contributed by atoms with van der Waals surface area (Å²) in [6, 6.07) is 5.19. The third-order valence-corrected chi connectivity index (χ3v) is 4.26. The molecule has 0 aliphatic rings. The molecule has 0 saturated carbocycles. The Balaban J connectivity index is 2.06. The smallest absolute Gasteiger partial charge is 0.383 e. The SMILES string of the molecule is COCCn1cnnc1S[C@@H](C)c1ccc(C(F)(F)F)cc1. The molecule has 0 N–H and O–H groups in total. The van der Waals surface area contributed by atoms with Crippen molar-refractivity contribution >= 4 is 11.8 Å². The van der Waals surface area contributed by atoms with E-state index in [4.69, 9.17) is 4.74 Å². The van der Waals surface area contributed by atoms with E-state index in [-0.39, 0.29) is 5.25 Å². The molecule has 0 spiro atoms. The second kappa shape index (κ2) is 7.15. The largest absolute Gasteiger partial charge is 0.416 e. The fraction of sp³-hybridized carbons (Fsp3) is 0.429. The van der Waals surface area contributed by atoms with Gasteiger partial charge in [0.2, 0.25) is 0 Å². The van der Waals surface area contributed by atoms with Crippen molar-refractivity contribution < 1.29 is 17.9 Å². The Labute approximate surface area is 130 Å². The molecule has 8 heteroatoms. The lowest BCUT2D eigenvalue weighted by Crippen LogP contribution is -2.06. The Bertz CT molecular complexity index is 598. The van der Waals surface area contributed by atoms with Crippen molar-refractivity contribution in [2.75, 3.05) is 13.7 Å². The van der Waals surface area contributed by atoms with E-state index in [0.717, 1.165) is 17.7 Å².